The van der Waals surface area contributed by atoms with Gasteiger partial charge < -0.3 is 9.47 Å². The average Bonchev–Trinajstić information content (AvgIpc) is 2.17. The van der Waals surface area contributed by atoms with Gasteiger partial charge >= 0.3 is 5.97 Å². The van der Waals surface area contributed by atoms with E-state index in [4.69, 9.17) is 16.3 Å². The molecule has 0 N–H and O–H groups in total. The minimum absolute atomic E-state index is 0.216. The minimum Gasteiger partial charge on any atom is -0.468 e. The quantitative estimate of drug-likeness (QED) is 0.487. The molecule has 0 bridgehead atoms. The molecule has 0 radical (unpaired) electrons. The van der Waals surface area contributed by atoms with E-state index >= 15 is 0 Å². The van der Waals surface area contributed by atoms with Crippen LogP contribution < -0.4 is 0 Å². The molecule has 3 nitrogen and oxygen atoms in total. The van der Waals surface area contributed by atoms with Crippen LogP contribution in [0.15, 0.2) is 0 Å². The van der Waals surface area contributed by atoms with Crippen molar-refractivity contribution in [3.05, 3.63) is 0 Å². The summed E-state index contributed by atoms with van der Waals surface area (Å²) >= 11 is 5.88. The van der Waals surface area contributed by atoms with E-state index in [1.807, 2.05) is 0 Å². The summed E-state index contributed by atoms with van der Waals surface area (Å²) in [5.74, 6) is -0.114. The van der Waals surface area contributed by atoms with E-state index in [0.29, 0.717) is 13.2 Å². The van der Waals surface area contributed by atoms with Crippen LogP contribution in [0, 0.1) is 5.92 Å². The number of alkyl halides is 1. The van der Waals surface area contributed by atoms with Gasteiger partial charge in [-0.05, 0) is 18.8 Å². The molecule has 0 aromatic heterocycles. The van der Waals surface area contributed by atoms with Gasteiger partial charge in [-0.15, -0.1) is 11.6 Å². The fraction of sp³-hybridized carbons (Fsp3) is 0.875. The smallest absolute Gasteiger partial charge is 0.324 e. The maximum absolute atomic E-state index is 11.0. The summed E-state index contributed by atoms with van der Waals surface area (Å²) < 4.78 is 9.71. The maximum Gasteiger partial charge on any atom is 0.324 e. The van der Waals surface area contributed by atoms with Crippen molar-refractivity contribution in [1.82, 2.24) is 0 Å². The van der Waals surface area contributed by atoms with Crippen LogP contribution in [0.5, 0.6) is 0 Å². The van der Waals surface area contributed by atoms with Gasteiger partial charge in [0.05, 0.1) is 7.11 Å². The number of esters is 1. The molecule has 1 rings (SSSR count). The first kappa shape index (κ1) is 9.81. The topological polar surface area (TPSA) is 35.5 Å². The number of methoxy groups -OCH3 is 1. The van der Waals surface area contributed by atoms with E-state index in [-0.39, 0.29) is 11.9 Å². The monoisotopic (exact) mass is 192 g/mol. The van der Waals surface area contributed by atoms with Gasteiger partial charge in [-0.2, -0.15) is 0 Å². The van der Waals surface area contributed by atoms with Gasteiger partial charge in [0.15, 0.2) is 0 Å². The lowest BCUT2D eigenvalue weighted by Crippen LogP contribution is -2.30. The van der Waals surface area contributed by atoms with Gasteiger partial charge in [0.1, 0.15) is 5.38 Å². The Bertz CT molecular complexity index is 154. The predicted octanol–water partition coefficient (Wildman–Crippen LogP) is 1.19. The summed E-state index contributed by atoms with van der Waals surface area (Å²) in [7, 11) is 1.36. The Morgan fingerprint density at radius 2 is 2.17 bits per heavy atom. The number of ether oxygens (including phenoxy) is 2. The van der Waals surface area contributed by atoms with Gasteiger partial charge in [0, 0.05) is 13.2 Å². The highest BCUT2D eigenvalue weighted by molar-refractivity contribution is 6.30. The molecule has 0 amide bonds. The number of hydrogen-bond acceptors (Lipinski definition) is 3. The van der Waals surface area contributed by atoms with Crippen LogP contribution in [0.25, 0.3) is 0 Å². The number of halogens is 1. The molecule has 70 valence electrons. The number of rotatable bonds is 2. The maximum atomic E-state index is 11.0. The van der Waals surface area contributed by atoms with Crippen molar-refractivity contribution in [3.8, 4) is 0 Å². The van der Waals surface area contributed by atoms with Crippen LogP contribution in [0.3, 0.4) is 0 Å². The zero-order chi connectivity index (χ0) is 8.97. The molecule has 0 spiro atoms. The molecule has 0 saturated carbocycles. The van der Waals surface area contributed by atoms with Crippen LogP contribution in [-0.4, -0.2) is 31.7 Å². The van der Waals surface area contributed by atoms with E-state index in [9.17, 15) is 4.79 Å². The van der Waals surface area contributed by atoms with Crippen LogP contribution in [-0.2, 0) is 14.3 Å². The van der Waals surface area contributed by atoms with Crippen LogP contribution >= 0.6 is 11.6 Å². The normalized spacial score (nSPS) is 21.8. The molecule has 1 fully saturated rings. The van der Waals surface area contributed by atoms with Crippen molar-refractivity contribution in [2.75, 3.05) is 20.3 Å². The molecule has 1 saturated heterocycles. The molecule has 1 aliphatic rings. The van der Waals surface area contributed by atoms with Crippen LogP contribution in [0.4, 0.5) is 0 Å². The molecule has 1 unspecified atom stereocenters. The Balaban J connectivity index is 2.39. The van der Waals surface area contributed by atoms with Crippen molar-refractivity contribution in [3.63, 3.8) is 0 Å². The third-order valence-corrected chi connectivity index (χ3v) is 2.64. The molecule has 4 heteroatoms. The first-order chi connectivity index (χ1) is 5.75. The molecular weight excluding hydrogens is 180 g/mol. The van der Waals surface area contributed by atoms with E-state index in [2.05, 4.69) is 4.74 Å². The predicted molar refractivity (Wildman–Crippen MR) is 45.2 cm³/mol. The van der Waals surface area contributed by atoms with Crippen LogP contribution in [0.2, 0.25) is 0 Å². The second kappa shape index (κ2) is 4.67. The van der Waals surface area contributed by atoms with E-state index in [1.165, 1.54) is 7.11 Å². The molecule has 12 heavy (non-hydrogen) atoms. The molecule has 0 aliphatic carbocycles. The third kappa shape index (κ3) is 2.35. The first-order valence-corrected chi connectivity index (χ1v) is 4.49. The first-order valence-electron chi connectivity index (χ1n) is 4.05. The Morgan fingerprint density at radius 3 is 2.67 bits per heavy atom. The van der Waals surface area contributed by atoms with Crippen molar-refractivity contribution in [2.24, 2.45) is 5.92 Å². The SMILES string of the molecule is COC(=O)C(Cl)C1CCOCC1. The average molecular weight is 193 g/mol. The van der Waals surface area contributed by atoms with E-state index < -0.39 is 5.38 Å². The second-order valence-electron chi connectivity index (χ2n) is 2.87. The van der Waals surface area contributed by atoms with Crippen molar-refractivity contribution in [1.29, 1.82) is 0 Å². The van der Waals surface area contributed by atoms with Gasteiger partial charge in [-0.25, -0.2) is 0 Å². The molecule has 1 atom stereocenters. The lowest BCUT2D eigenvalue weighted by atomic mass is 9.96. The van der Waals surface area contributed by atoms with Crippen molar-refractivity contribution in [2.45, 2.75) is 18.2 Å². The fourth-order valence-corrected chi connectivity index (χ4v) is 1.65. The molecule has 0 aromatic rings. The largest absolute Gasteiger partial charge is 0.468 e. The lowest BCUT2D eigenvalue weighted by molar-refractivity contribution is -0.141. The van der Waals surface area contributed by atoms with E-state index in [0.717, 1.165) is 12.8 Å². The summed E-state index contributed by atoms with van der Waals surface area (Å²) in [5, 5.41) is -0.501. The highest BCUT2D eigenvalue weighted by Gasteiger charge is 2.28. The summed E-state index contributed by atoms with van der Waals surface area (Å²) in [6, 6.07) is 0. The zero-order valence-corrected chi connectivity index (χ0v) is 7.84. The summed E-state index contributed by atoms with van der Waals surface area (Å²) in [6.45, 7) is 1.40. The lowest BCUT2D eigenvalue weighted by Gasteiger charge is -2.24. The highest BCUT2D eigenvalue weighted by atomic mass is 35.5. The van der Waals surface area contributed by atoms with Gasteiger partial charge in [0.25, 0.3) is 0 Å². The van der Waals surface area contributed by atoms with Gasteiger partial charge in [0.2, 0.25) is 0 Å². The highest BCUT2D eigenvalue weighted by Crippen LogP contribution is 2.23. The number of hydrogen-bond donors (Lipinski definition) is 0. The molecule has 1 heterocycles. The number of carbonyl (C=O) groups is 1. The van der Waals surface area contributed by atoms with Crippen LogP contribution in [0.1, 0.15) is 12.8 Å². The Kier molecular flexibility index (Phi) is 3.82. The Hall–Kier alpha value is -0.280. The minimum atomic E-state index is -0.501. The molecular formula is C8H13ClO3. The standard InChI is InChI=1S/C8H13ClO3/c1-11-8(10)7(9)6-2-4-12-5-3-6/h6-7H,2-5H2,1H3. The summed E-state index contributed by atoms with van der Waals surface area (Å²) in [5.41, 5.74) is 0. The van der Waals surface area contributed by atoms with E-state index in [1.54, 1.807) is 0 Å². The Labute approximate surface area is 77.0 Å². The van der Waals surface area contributed by atoms with Gasteiger partial charge in [-0.3, -0.25) is 4.79 Å². The zero-order valence-electron chi connectivity index (χ0n) is 7.09. The van der Waals surface area contributed by atoms with Gasteiger partial charge in [-0.1, -0.05) is 0 Å². The molecule has 0 aromatic carbocycles. The fourth-order valence-electron chi connectivity index (χ4n) is 1.31. The molecule has 1 aliphatic heterocycles. The number of carbonyl (C=O) groups excluding carboxylic acids is 1. The summed E-state index contributed by atoms with van der Waals surface area (Å²) in [6.07, 6.45) is 1.70. The Morgan fingerprint density at radius 1 is 1.58 bits per heavy atom. The van der Waals surface area contributed by atoms with Crippen molar-refractivity contribution >= 4 is 17.6 Å². The van der Waals surface area contributed by atoms with Crippen molar-refractivity contribution < 1.29 is 14.3 Å². The summed E-state index contributed by atoms with van der Waals surface area (Å²) in [4.78, 5) is 11.0. The second-order valence-corrected chi connectivity index (χ2v) is 3.34. The third-order valence-electron chi connectivity index (χ3n) is 2.11.